The predicted molar refractivity (Wildman–Crippen MR) is 87.5 cm³/mol. The van der Waals surface area contributed by atoms with Gasteiger partial charge in [0.2, 0.25) is 0 Å². The fraction of sp³-hybridized carbons (Fsp3) is 0.222. The number of rotatable bonds is 3. The van der Waals surface area contributed by atoms with E-state index >= 15 is 0 Å². The zero-order chi connectivity index (χ0) is 16.3. The predicted octanol–water partition coefficient (Wildman–Crippen LogP) is 4.14. The molecule has 4 heteroatoms. The van der Waals surface area contributed by atoms with Crippen LogP contribution in [-0.4, -0.2) is 22.4 Å². The Kier molecular flexibility index (Phi) is 4.31. The van der Waals surface area contributed by atoms with Crippen molar-refractivity contribution in [2.45, 2.75) is 26.2 Å². The van der Waals surface area contributed by atoms with Crippen LogP contribution < -0.4 is 0 Å². The molecular formula is C18H19NO3. The van der Waals surface area contributed by atoms with E-state index in [1.54, 1.807) is 24.3 Å². The lowest BCUT2D eigenvalue weighted by molar-refractivity contribution is 0.0698. The van der Waals surface area contributed by atoms with Gasteiger partial charge in [-0.15, -0.1) is 0 Å². The van der Waals surface area contributed by atoms with Crippen molar-refractivity contribution in [3.05, 3.63) is 59.2 Å². The molecule has 0 aliphatic carbocycles. The first-order chi connectivity index (χ1) is 10.3. The third kappa shape index (κ3) is 3.52. The molecule has 2 N–H and O–H groups in total. The van der Waals surface area contributed by atoms with Crippen LogP contribution in [0.1, 0.15) is 42.3 Å². The van der Waals surface area contributed by atoms with E-state index in [1.807, 2.05) is 12.1 Å². The Labute approximate surface area is 129 Å². The number of hydrogen-bond acceptors (Lipinski definition) is 3. The van der Waals surface area contributed by atoms with E-state index in [2.05, 4.69) is 25.8 Å². The summed E-state index contributed by atoms with van der Waals surface area (Å²) < 4.78 is 0. The number of carbonyl (C=O) groups is 1. The number of carboxylic acid groups (broad SMARTS) is 1. The number of aromatic hydroxyl groups is 1. The van der Waals surface area contributed by atoms with Crippen molar-refractivity contribution >= 4 is 17.9 Å². The largest absolute Gasteiger partial charge is 0.507 e. The molecule has 2 aromatic rings. The summed E-state index contributed by atoms with van der Waals surface area (Å²) in [5.74, 6) is -0.912. The highest BCUT2D eigenvalue weighted by molar-refractivity contribution is 5.95. The Morgan fingerprint density at radius 3 is 2.45 bits per heavy atom. The molecule has 0 aliphatic heterocycles. The molecule has 114 valence electrons. The molecule has 2 aromatic carbocycles. The summed E-state index contributed by atoms with van der Waals surface area (Å²) >= 11 is 0. The zero-order valence-corrected chi connectivity index (χ0v) is 12.9. The molecule has 0 spiro atoms. The summed E-state index contributed by atoms with van der Waals surface area (Å²) in [6.45, 7) is 6.25. The molecular weight excluding hydrogens is 278 g/mol. The Bertz CT molecular complexity index is 727. The molecule has 0 fully saturated rings. The second-order valence-corrected chi connectivity index (χ2v) is 6.10. The number of carboxylic acids is 1. The average Bonchev–Trinajstić information content (AvgIpc) is 2.45. The summed E-state index contributed by atoms with van der Waals surface area (Å²) in [7, 11) is 0. The lowest BCUT2D eigenvalue weighted by Crippen LogP contribution is -2.11. The average molecular weight is 297 g/mol. The number of nitrogens with zero attached hydrogens (tertiary/aromatic N) is 1. The van der Waals surface area contributed by atoms with Gasteiger partial charge in [-0.3, -0.25) is 4.99 Å². The first-order valence-corrected chi connectivity index (χ1v) is 6.99. The highest BCUT2D eigenvalue weighted by Gasteiger charge is 2.15. The summed E-state index contributed by atoms with van der Waals surface area (Å²) in [6.07, 6.45) is 1.49. The first-order valence-electron chi connectivity index (χ1n) is 6.99. The minimum absolute atomic E-state index is 0.0464. The van der Waals surface area contributed by atoms with Crippen molar-refractivity contribution in [2.75, 3.05) is 0 Å². The van der Waals surface area contributed by atoms with Crippen LogP contribution in [-0.2, 0) is 5.41 Å². The molecule has 0 radical (unpaired) electrons. The van der Waals surface area contributed by atoms with Crippen LogP contribution in [0.25, 0.3) is 0 Å². The standard InChI is InChI=1S/C18H19NO3/c1-18(2,3)13-8-9-16(20)12(10-13)11-19-15-7-5-4-6-14(15)17(21)22/h4-11,20H,1-3H3,(H,21,22). The fourth-order valence-electron chi connectivity index (χ4n) is 2.03. The van der Waals surface area contributed by atoms with Crippen LogP contribution >= 0.6 is 0 Å². The number of para-hydroxylation sites is 1. The van der Waals surface area contributed by atoms with Crippen LogP contribution in [0.2, 0.25) is 0 Å². The maximum atomic E-state index is 11.2. The number of benzene rings is 2. The molecule has 0 amide bonds. The van der Waals surface area contributed by atoms with Gasteiger partial charge >= 0.3 is 5.97 Å². The van der Waals surface area contributed by atoms with Crippen LogP contribution in [0.5, 0.6) is 5.75 Å². The van der Waals surface area contributed by atoms with Crippen LogP contribution in [0.15, 0.2) is 47.5 Å². The zero-order valence-electron chi connectivity index (χ0n) is 12.9. The van der Waals surface area contributed by atoms with Crippen molar-refractivity contribution in [3.8, 4) is 5.75 Å². The molecule has 4 nitrogen and oxygen atoms in total. The molecule has 0 aromatic heterocycles. The number of hydrogen-bond donors (Lipinski definition) is 2. The van der Waals surface area contributed by atoms with Gasteiger partial charge in [-0.1, -0.05) is 39.0 Å². The van der Waals surface area contributed by atoms with Gasteiger partial charge in [-0.05, 0) is 35.2 Å². The highest BCUT2D eigenvalue weighted by atomic mass is 16.4. The number of aliphatic imine (C=N–C) groups is 1. The van der Waals surface area contributed by atoms with Crippen molar-refractivity contribution in [2.24, 2.45) is 4.99 Å². The van der Waals surface area contributed by atoms with Crippen molar-refractivity contribution in [3.63, 3.8) is 0 Å². The van der Waals surface area contributed by atoms with E-state index in [1.165, 1.54) is 12.3 Å². The number of phenols is 1. The molecule has 0 atom stereocenters. The molecule has 0 heterocycles. The van der Waals surface area contributed by atoms with Gasteiger partial charge in [-0.2, -0.15) is 0 Å². The Morgan fingerprint density at radius 2 is 1.82 bits per heavy atom. The molecule has 0 aliphatic rings. The van der Waals surface area contributed by atoms with E-state index in [9.17, 15) is 9.90 Å². The van der Waals surface area contributed by atoms with E-state index < -0.39 is 5.97 Å². The van der Waals surface area contributed by atoms with Crippen molar-refractivity contribution in [1.82, 2.24) is 0 Å². The molecule has 0 bridgehead atoms. The molecule has 0 saturated heterocycles. The minimum Gasteiger partial charge on any atom is -0.507 e. The van der Waals surface area contributed by atoms with E-state index in [0.29, 0.717) is 11.3 Å². The van der Waals surface area contributed by atoms with E-state index in [4.69, 9.17) is 5.11 Å². The van der Waals surface area contributed by atoms with Gasteiger partial charge in [0.25, 0.3) is 0 Å². The van der Waals surface area contributed by atoms with Crippen molar-refractivity contribution in [1.29, 1.82) is 0 Å². The third-order valence-electron chi connectivity index (χ3n) is 3.37. The summed E-state index contributed by atoms with van der Waals surface area (Å²) in [6, 6.07) is 11.9. The maximum Gasteiger partial charge on any atom is 0.337 e. The molecule has 0 unspecified atom stereocenters. The van der Waals surface area contributed by atoms with Gasteiger partial charge in [0, 0.05) is 11.8 Å². The second kappa shape index (κ2) is 6.02. The van der Waals surface area contributed by atoms with E-state index in [-0.39, 0.29) is 16.7 Å². The van der Waals surface area contributed by atoms with Crippen LogP contribution in [0.3, 0.4) is 0 Å². The Morgan fingerprint density at radius 1 is 1.14 bits per heavy atom. The maximum absolute atomic E-state index is 11.2. The Hall–Kier alpha value is -2.62. The molecule has 22 heavy (non-hydrogen) atoms. The van der Waals surface area contributed by atoms with Gasteiger partial charge in [0.1, 0.15) is 5.75 Å². The normalized spacial score (nSPS) is 11.8. The SMILES string of the molecule is CC(C)(C)c1ccc(O)c(C=Nc2ccccc2C(=O)O)c1. The van der Waals surface area contributed by atoms with Crippen LogP contribution in [0, 0.1) is 0 Å². The molecule has 2 rings (SSSR count). The minimum atomic E-state index is -1.03. The fourth-order valence-corrected chi connectivity index (χ4v) is 2.03. The quantitative estimate of drug-likeness (QED) is 0.836. The smallest absolute Gasteiger partial charge is 0.337 e. The molecule has 0 saturated carbocycles. The van der Waals surface area contributed by atoms with Gasteiger partial charge in [0.05, 0.1) is 11.3 Å². The van der Waals surface area contributed by atoms with Gasteiger partial charge in [0.15, 0.2) is 0 Å². The topological polar surface area (TPSA) is 69.9 Å². The monoisotopic (exact) mass is 297 g/mol. The van der Waals surface area contributed by atoms with Crippen LogP contribution in [0.4, 0.5) is 5.69 Å². The lowest BCUT2D eigenvalue weighted by atomic mass is 9.86. The lowest BCUT2D eigenvalue weighted by Gasteiger charge is -2.19. The first kappa shape index (κ1) is 15.8. The summed E-state index contributed by atoms with van der Waals surface area (Å²) in [4.78, 5) is 15.4. The summed E-state index contributed by atoms with van der Waals surface area (Å²) in [5, 5.41) is 19.1. The third-order valence-corrected chi connectivity index (χ3v) is 3.37. The highest BCUT2D eigenvalue weighted by Crippen LogP contribution is 2.27. The number of aromatic carboxylic acids is 1. The summed E-state index contributed by atoms with van der Waals surface area (Å²) in [5.41, 5.74) is 2.07. The van der Waals surface area contributed by atoms with E-state index in [0.717, 1.165) is 5.56 Å². The van der Waals surface area contributed by atoms with Gasteiger partial charge in [-0.25, -0.2) is 4.79 Å². The second-order valence-electron chi connectivity index (χ2n) is 6.10. The Balaban J connectivity index is 2.41. The number of phenolic OH excluding ortho intramolecular Hbond substituents is 1. The van der Waals surface area contributed by atoms with Gasteiger partial charge < -0.3 is 10.2 Å². The van der Waals surface area contributed by atoms with Crippen molar-refractivity contribution < 1.29 is 15.0 Å².